The normalized spacial score (nSPS) is 15.9. The highest BCUT2D eigenvalue weighted by Gasteiger charge is 2.50. The summed E-state index contributed by atoms with van der Waals surface area (Å²) in [6.07, 6.45) is 1.19. The summed E-state index contributed by atoms with van der Waals surface area (Å²) >= 11 is 0. The number of rotatable bonds is 6. The van der Waals surface area contributed by atoms with Gasteiger partial charge in [0.2, 0.25) is 34.9 Å². The van der Waals surface area contributed by atoms with Crippen molar-refractivity contribution in [2.45, 2.75) is 0 Å². The number of nitrogens with one attached hydrogen (secondary N) is 2. The van der Waals surface area contributed by atoms with Gasteiger partial charge in [0.1, 0.15) is 0 Å². The number of nitrogens with zero attached hydrogens (tertiary/aromatic N) is 4. The average Bonchev–Trinajstić information content (AvgIpc) is 1.46. The number of halogens is 30. The number of hydrogen-bond acceptors (Lipinski definition) is 3. The van der Waals surface area contributed by atoms with Crippen molar-refractivity contribution in [2.24, 2.45) is 9.98 Å². The van der Waals surface area contributed by atoms with Crippen molar-refractivity contribution in [1.82, 2.24) is 18.6 Å². The second kappa shape index (κ2) is 22.9. The molecule has 0 amide bonds. The Labute approximate surface area is 551 Å². The van der Waals surface area contributed by atoms with E-state index in [1.165, 1.54) is 0 Å². The molecule has 0 saturated heterocycles. The van der Waals surface area contributed by atoms with E-state index in [1.54, 1.807) is 0 Å². The van der Waals surface area contributed by atoms with Crippen molar-refractivity contribution in [2.75, 3.05) is 0 Å². The molecule has 10 aromatic rings. The number of aromatic amines is 2. The fourth-order valence-electron chi connectivity index (χ4n) is 12.8. The zero-order valence-electron chi connectivity index (χ0n) is 48.8. The van der Waals surface area contributed by atoms with Crippen LogP contribution in [-0.2, 0) is 4.57 Å². The van der Waals surface area contributed by atoms with E-state index >= 15 is 127 Å². The third kappa shape index (κ3) is 8.74. The van der Waals surface area contributed by atoms with E-state index in [0.29, 0.717) is 42.5 Å². The third-order valence-corrected chi connectivity index (χ3v) is 20.1. The highest BCUT2D eigenvalue weighted by atomic mass is 31.2. The Kier molecular flexibility index (Phi) is 15.0. The Balaban J connectivity index is 1.25. The molecule has 5 aliphatic heterocycles. The summed E-state index contributed by atoms with van der Waals surface area (Å²) in [5, 5.41) is -7.06. The van der Waals surface area contributed by atoms with Gasteiger partial charge in [-0.2, -0.15) is 0 Å². The van der Waals surface area contributed by atoms with Crippen molar-refractivity contribution in [3.05, 3.63) is 330 Å². The lowest BCUT2D eigenvalue weighted by atomic mass is 9.98. The van der Waals surface area contributed by atoms with Crippen molar-refractivity contribution < 1.29 is 136 Å². The first-order valence-corrected chi connectivity index (χ1v) is 29.8. The molecule has 15 rings (SSSR count). The first-order chi connectivity index (χ1) is 49.0. The van der Waals surface area contributed by atoms with E-state index in [0.717, 1.165) is 0 Å². The van der Waals surface area contributed by atoms with Crippen LogP contribution in [0, 0.1) is 175 Å². The van der Waals surface area contributed by atoms with Crippen LogP contribution in [0.4, 0.5) is 132 Å². The first-order valence-electron chi connectivity index (χ1n) is 28.1. The first kappa shape index (κ1) is 68.1. The molecule has 38 heteroatoms. The number of hydrogen-bond donors (Lipinski definition) is 2. The van der Waals surface area contributed by atoms with Crippen LogP contribution in [0.3, 0.4) is 0 Å². The maximum absolute atomic E-state index is 17.8. The van der Waals surface area contributed by atoms with Crippen LogP contribution in [0.2, 0.25) is 0 Å². The summed E-state index contributed by atoms with van der Waals surface area (Å²) in [6, 6.07) is 2.11. The van der Waals surface area contributed by atoms with E-state index in [1.807, 2.05) is 0 Å². The van der Waals surface area contributed by atoms with Crippen LogP contribution in [0.1, 0.15) is 56.2 Å². The number of aliphatic imine (C=N–C) groups is 2. The smallest absolute Gasteiger partial charge is 0.303 e. The monoisotopic (exact) mass is 1510 g/mol. The molecule has 7 nitrogen and oxygen atoms in total. The standard InChI is InChI=1S/C66H13F30N6OP/c67-36-30(37(68)49(80)60(91)48(36)79)24-12-1-2-13(97-12)25(31-38(69)50(81)61(92)51(82)39(31)70)15-5-6-17(99-15)27(33-42(73)54(85)63(94)55(86)43(33)74)19-7-8-20-28(34-44(75)56(87)64(95)57(88)45(34)76)21-9-10-22-29(35-46(77)58(89)65(96)59(90)47(35)78)66-23(104(103,101(19)20)102(21)22)11-18(100-66)26(16-4-3-14(24)98-16)32-40(71)52(83)62(93)53(84)41(32)72/h1-11,97,100H. The fourth-order valence-corrected chi connectivity index (χ4v) is 16.0. The number of benzene rings is 6. The van der Waals surface area contributed by atoms with E-state index in [2.05, 4.69) is 20.0 Å². The predicted molar refractivity (Wildman–Crippen MR) is 298 cm³/mol. The topological polar surface area (TPSA) is 83.2 Å². The molecule has 0 spiro atoms. The van der Waals surface area contributed by atoms with Gasteiger partial charge in [0.25, 0.3) is 0 Å². The van der Waals surface area contributed by atoms with Gasteiger partial charge in [0.15, 0.2) is 140 Å². The van der Waals surface area contributed by atoms with Crippen LogP contribution in [0.15, 0.2) is 88.1 Å². The second-order valence-electron chi connectivity index (χ2n) is 22.5. The van der Waals surface area contributed by atoms with Gasteiger partial charge in [-0.05, 0) is 66.8 Å². The maximum Gasteiger partial charge on any atom is 0.303 e. The molecule has 2 N–H and O–H groups in total. The quantitative estimate of drug-likeness (QED) is 0.0739. The van der Waals surface area contributed by atoms with Crippen molar-refractivity contribution in [3.63, 3.8) is 0 Å². The molecule has 5 aliphatic rings. The van der Waals surface area contributed by atoms with Crippen LogP contribution < -0.4 is 26.7 Å². The minimum absolute atomic E-state index is 0.0629. The summed E-state index contributed by atoms with van der Waals surface area (Å²) in [7, 11) is -6.56. The van der Waals surface area contributed by atoms with Gasteiger partial charge in [-0.3, -0.25) is 13.2 Å². The second-order valence-corrected chi connectivity index (χ2v) is 24.8. The number of H-pyrrole nitrogens is 2. The molecule has 9 heterocycles. The lowest BCUT2D eigenvalue weighted by Gasteiger charge is -2.35. The minimum Gasteiger partial charge on any atom is -0.354 e. The lowest BCUT2D eigenvalue weighted by molar-refractivity contribution is 0.376. The molecular formula is C66H13F30N6OP. The number of aromatic nitrogens is 4. The van der Waals surface area contributed by atoms with Crippen molar-refractivity contribution >= 4 is 57.6 Å². The molecule has 0 fully saturated rings. The highest BCUT2D eigenvalue weighted by Crippen LogP contribution is 2.58. The molecule has 1 atom stereocenters. The summed E-state index contributed by atoms with van der Waals surface area (Å²) in [5.41, 5.74) is -36.4. The van der Waals surface area contributed by atoms with E-state index < -0.39 is 321 Å². The summed E-state index contributed by atoms with van der Waals surface area (Å²) < 4.78 is 500. The van der Waals surface area contributed by atoms with E-state index in [4.69, 9.17) is 0 Å². The molecule has 8 bridgehead atoms. The average molecular weight is 1510 g/mol. The number of fused-ring (bicyclic) bond motifs is 5. The molecule has 1 unspecified atom stereocenters. The molecule has 4 aromatic heterocycles. The van der Waals surface area contributed by atoms with Gasteiger partial charge in [-0.1, -0.05) is 0 Å². The molecule has 0 aliphatic carbocycles. The zero-order chi connectivity index (χ0) is 75.0. The Morgan fingerprint density at radius 1 is 0.269 bits per heavy atom. The lowest BCUT2D eigenvalue weighted by Crippen LogP contribution is -2.43. The minimum atomic E-state index is -6.56. The largest absolute Gasteiger partial charge is 0.354 e. The van der Waals surface area contributed by atoms with Gasteiger partial charge >= 0.3 is 7.44 Å². The molecule has 6 aromatic carbocycles. The maximum atomic E-state index is 17.8. The van der Waals surface area contributed by atoms with Crippen LogP contribution in [0.25, 0.3) is 33.4 Å². The molecule has 104 heavy (non-hydrogen) atoms. The summed E-state index contributed by atoms with van der Waals surface area (Å²) in [6.45, 7) is 0. The van der Waals surface area contributed by atoms with E-state index in [9.17, 15) is 8.78 Å². The van der Waals surface area contributed by atoms with E-state index in [-0.39, 0.29) is 33.0 Å². The van der Waals surface area contributed by atoms with Gasteiger partial charge in [-0.15, -0.1) is 0 Å². The highest BCUT2D eigenvalue weighted by molar-refractivity contribution is 7.69. The molecule has 0 radical (unpaired) electrons. The van der Waals surface area contributed by atoms with Crippen LogP contribution >= 0.6 is 7.44 Å². The molecule has 528 valence electrons. The predicted octanol–water partition coefficient (Wildman–Crippen LogP) is 14.8. The van der Waals surface area contributed by atoms with Gasteiger partial charge in [0, 0.05) is 49.8 Å². The van der Waals surface area contributed by atoms with Crippen LogP contribution in [0.5, 0.6) is 0 Å². The van der Waals surface area contributed by atoms with Crippen LogP contribution in [-0.4, -0.2) is 30.1 Å². The zero-order valence-corrected chi connectivity index (χ0v) is 49.7. The summed E-state index contributed by atoms with van der Waals surface area (Å²) in [5.74, 6) is -88.5. The Morgan fingerprint density at radius 2 is 0.538 bits per heavy atom. The van der Waals surface area contributed by atoms with Crippen molar-refractivity contribution in [1.29, 1.82) is 0 Å². The van der Waals surface area contributed by atoms with Gasteiger partial charge in [-0.25, -0.2) is 142 Å². The SMILES string of the molecule is O=P12c3cc4[nH]c3C(c3c(F)c(F)c(F)c(F)c3F)=c3ccc(n31)=C(c1c(F)c(F)c(F)c(F)c1F)c1ccc(n12)C(c1c(F)c(F)c(F)c(F)c1F)=C1C=CC(=N1)C(c1c(F)c(F)c(F)c(F)c1F)=c1ccc([nH]1)=C(c1c(F)c(F)c(F)c(F)c1F)C1=NC(=C4c2c(F)c(F)c(F)c(F)c2F)C=C1. The summed E-state index contributed by atoms with van der Waals surface area (Å²) in [4.78, 5) is 12.0. The molecular weight excluding hydrogens is 1490 g/mol. The Morgan fingerprint density at radius 3 is 0.885 bits per heavy atom. The fraction of sp³-hybridized carbons (Fsp3) is 0. The van der Waals surface area contributed by atoms with Crippen molar-refractivity contribution in [3.8, 4) is 0 Å². The number of allylic oxidation sites excluding steroid dienone is 4. The Bertz CT molecular complexity index is 6220. The third-order valence-electron chi connectivity index (χ3n) is 17.2. The van der Waals surface area contributed by atoms with Gasteiger partial charge < -0.3 is 9.97 Å². The molecule has 0 saturated carbocycles. The Hall–Kier alpha value is -11.7. The van der Waals surface area contributed by atoms with Gasteiger partial charge in [0.05, 0.1) is 89.3 Å².